The SMILES string of the molecule is O=C(O)C(=O)c1cc(CF)ccc1O. The normalized spacial score (nSPS) is 9.79. The molecule has 14 heavy (non-hydrogen) atoms. The molecule has 0 aromatic heterocycles. The number of Topliss-reactive ketones (excluding diaryl/α,β-unsaturated/α-hetero) is 1. The van der Waals surface area contributed by atoms with E-state index in [4.69, 9.17) is 10.2 Å². The first-order chi connectivity index (χ1) is 6.56. The van der Waals surface area contributed by atoms with Crippen molar-refractivity contribution in [3.63, 3.8) is 0 Å². The molecule has 0 heterocycles. The van der Waals surface area contributed by atoms with Gasteiger partial charge in [0.2, 0.25) is 0 Å². The van der Waals surface area contributed by atoms with Crippen LogP contribution in [0.4, 0.5) is 4.39 Å². The maximum absolute atomic E-state index is 12.2. The van der Waals surface area contributed by atoms with Crippen LogP contribution in [0.5, 0.6) is 5.75 Å². The van der Waals surface area contributed by atoms with Gasteiger partial charge in [0.25, 0.3) is 5.78 Å². The van der Waals surface area contributed by atoms with E-state index in [0.29, 0.717) is 0 Å². The first-order valence-electron chi connectivity index (χ1n) is 3.71. The molecule has 0 aliphatic heterocycles. The number of alkyl halides is 1. The average Bonchev–Trinajstić information content (AvgIpc) is 2.17. The smallest absolute Gasteiger partial charge is 0.377 e. The highest BCUT2D eigenvalue weighted by Gasteiger charge is 2.18. The molecule has 0 unspecified atom stereocenters. The largest absolute Gasteiger partial charge is 0.507 e. The van der Waals surface area contributed by atoms with Crippen molar-refractivity contribution in [2.45, 2.75) is 6.67 Å². The minimum Gasteiger partial charge on any atom is -0.507 e. The number of carbonyl (C=O) groups is 2. The number of rotatable bonds is 3. The number of carboxylic acids is 1. The van der Waals surface area contributed by atoms with Gasteiger partial charge in [-0.1, -0.05) is 6.07 Å². The van der Waals surface area contributed by atoms with Gasteiger partial charge in [0.05, 0.1) is 5.56 Å². The molecule has 0 saturated heterocycles. The predicted molar refractivity (Wildman–Crippen MR) is 44.9 cm³/mol. The quantitative estimate of drug-likeness (QED) is 0.563. The topological polar surface area (TPSA) is 74.6 Å². The van der Waals surface area contributed by atoms with Gasteiger partial charge in [-0.15, -0.1) is 0 Å². The third kappa shape index (κ3) is 1.87. The van der Waals surface area contributed by atoms with Crippen LogP contribution in [0.2, 0.25) is 0 Å². The molecule has 1 aromatic carbocycles. The van der Waals surface area contributed by atoms with Crippen LogP contribution in [-0.2, 0) is 11.5 Å². The Hall–Kier alpha value is -1.91. The zero-order valence-electron chi connectivity index (χ0n) is 7.03. The van der Waals surface area contributed by atoms with Gasteiger partial charge in [-0.2, -0.15) is 0 Å². The second kappa shape index (κ2) is 3.87. The molecule has 4 nitrogen and oxygen atoms in total. The van der Waals surface area contributed by atoms with Crippen LogP contribution < -0.4 is 0 Å². The number of phenolic OH excluding ortho intramolecular Hbond substituents is 1. The van der Waals surface area contributed by atoms with Crippen LogP contribution in [0, 0.1) is 0 Å². The molecule has 2 N–H and O–H groups in total. The molecule has 0 aliphatic carbocycles. The number of hydrogen-bond donors (Lipinski definition) is 2. The Bertz CT molecular complexity index is 386. The van der Waals surface area contributed by atoms with Gasteiger partial charge in [-0.05, 0) is 17.7 Å². The van der Waals surface area contributed by atoms with Gasteiger partial charge in [-0.3, -0.25) is 4.79 Å². The van der Waals surface area contributed by atoms with Crippen molar-refractivity contribution in [1.82, 2.24) is 0 Å². The summed E-state index contributed by atoms with van der Waals surface area (Å²) < 4.78 is 12.2. The molecule has 5 heteroatoms. The monoisotopic (exact) mass is 198 g/mol. The van der Waals surface area contributed by atoms with E-state index in [2.05, 4.69) is 0 Å². The first kappa shape index (κ1) is 10.2. The fourth-order valence-electron chi connectivity index (χ4n) is 0.963. The number of carboxylic acid groups (broad SMARTS) is 1. The Morgan fingerprint density at radius 1 is 1.36 bits per heavy atom. The molecule has 74 valence electrons. The summed E-state index contributed by atoms with van der Waals surface area (Å²) in [7, 11) is 0. The van der Waals surface area contributed by atoms with E-state index in [1.54, 1.807) is 0 Å². The van der Waals surface area contributed by atoms with Crippen LogP contribution in [0.15, 0.2) is 18.2 Å². The number of aromatic hydroxyl groups is 1. The lowest BCUT2D eigenvalue weighted by Crippen LogP contribution is -2.13. The number of phenols is 1. The molecule has 0 radical (unpaired) electrons. The predicted octanol–water partition coefficient (Wildman–Crippen LogP) is 1.13. The Morgan fingerprint density at radius 3 is 2.50 bits per heavy atom. The molecular weight excluding hydrogens is 191 g/mol. The van der Waals surface area contributed by atoms with Gasteiger partial charge in [0, 0.05) is 0 Å². The summed E-state index contributed by atoms with van der Waals surface area (Å²) in [5.74, 6) is -3.40. The summed E-state index contributed by atoms with van der Waals surface area (Å²) in [5, 5.41) is 17.5. The zero-order valence-corrected chi connectivity index (χ0v) is 7.03. The zero-order chi connectivity index (χ0) is 10.7. The fourth-order valence-corrected chi connectivity index (χ4v) is 0.963. The molecule has 1 rings (SSSR count). The van der Waals surface area contributed by atoms with Crippen LogP contribution in [0.3, 0.4) is 0 Å². The molecular formula is C9H7FO4. The van der Waals surface area contributed by atoms with Gasteiger partial charge in [0.1, 0.15) is 12.4 Å². The van der Waals surface area contributed by atoms with E-state index in [-0.39, 0.29) is 5.56 Å². The molecule has 0 fully saturated rings. The maximum Gasteiger partial charge on any atom is 0.377 e. The highest BCUT2D eigenvalue weighted by atomic mass is 19.1. The van der Waals surface area contributed by atoms with E-state index < -0.39 is 29.7 Å². The summed E-state index contributed by atoms with van der Waals surface area (Å²) in [4.78, 5) is 21.2. The first-order valence-corrected chi connectivity index (χ1v) is 3.71. The van der Waals surface area contributed by atoms with Crippen molar-refractivity contribution in [1.29, 1.82) is 0 Å². The molecule has 0 amide bonds. The van der Waals surface area contributed by atoms with E-state index >= 15 is 0 Å². The van der Waals surface area contributed by atoms with Crippen molar-refractivity contribution in [2.75, 3.05) is 0 Å². The van der Waals surface area contributed by atoms with Crippen LogP contribution >= 0.6 is 0 Å². The molecule has 0 spiro atoms. The van der Waals surface area contributed by atoms with Gasteiger partial charge >= 0.3 is 5.97 Å². The minimum atomic E-state index is -1.68. The number of hydrogen-bond acceptors (Lipinski definition) is 3. The number of benzene rings is 1. The van der Waals surface area contributed by atoms with Gasteiger partial charge in [-0.25, -0.2) is 9.18 Å². The molecule has 1 aromatic rings. The Kier molecular flexibility index (Phi) is 2.81. The van der Waals surface area contributed by atoms with Crippen LogP contribution in [-0.4, -0.2) is 22.0 Å². The highest BCUT2D eigenvalue weighted by molar-refractivity contribution is 6.40. The number of carbonyl (C=O) groups excluding carboxylic acids is 1. The Morgan fingerprint density at radius 2 is 2.00 bits per heavy atom. The van der Waals surface area contributed by atoms with Crippen molar-refractivity contribution in [3.05, 3.63) is 29.3 Å². The van der Waals surface area contributed by atoms with Crippen molar-refractivity contribution < 1.29 is 24.2 Å². The molecule has 0 bridgehead atoms. The number of halogens is 1. The fraction of sp³-hybridized carbons (Fsp3) is 0.111. The van der Waals surface area contributed by atoms with E-state index in [9.17, 15) is 14.0 Å². The van der Waals surface area contributed by atoms with Crippen LogP contribution in [0.25, 0.3) is 0 Å². The summed E-state index contributed by atoms with van der Waals surface area (Å²) in [6, 6.07) is 3.38. The minimum absolute atomic E-state index is 0.146. The van der Waals surface area contributed by atoms with Gasteiger partial charge < -0.3 is 10.2 Å². The lowest BCUT2D eigenvalue weighted by Gasteiger charge is -2.01. The van der Waals surface area contributed by atoms with E-state index in [1.165, 1.54) is 6.07 Å². The second-order valence-corrected chi connectivity index (χ2v) is 2.62. The number of aliphatic carboxylic acids is 1. The summed E-state index contributed by atoms with van der Waals surface area (Å²) >= 11 is 0. The Labute approximate surface area is 78.6 Å². The van der Waals surface area contributed by atoms with Crippen molar-refractivity contribution in [2.24, 2.45) is 0 Å². The molecule has 0 atom stereocenters. The standard InChI is InChI=1S/C9H7FO4/c10-4-5-1-2-7(11)6(3-5)8(12)9(13)14/h1-3,11H,4H2,(H,13,14). The van der Waals surface area contributed by atoms with Gasteiger partial charge in [0.15, 0.2) is 0 Å². The summed E-state index contributed by atoms with van der Waals surface area (Å²) in [6.45, 7) is -0.819. The third-order valence-electron chi connectivity index (χ3n) is 1.65. The summed E-state index contributed by atoms with van der Waals surface area (Å²) in [5.41, 5.74) is -0.250. The second-order valence-electron chi connectivity index (χ2n) is 2.62. The van der Waals surface area contributed by atoms with E-state index in [0.717, 1.165) is 12.1 Å². The maximum atomic E-state index is 12.2. The van der Waals surface area contributed by atoms with Crippen molar-refractivity contribution in [3.8, 4) is 5.75 Å². The third-order valence-corrected chi connectivity index (χ3v) is 1.65. The van der Waals surface area contributed by atoms with Crippen LogP contribution in [0.1, 0.15) is 15.9 Å². The molecule has 0 saturated carbocycles. The average molecular weight is 198 g/mol. The lowest BCUT2D eigenvalue weighted by molar-refractivity contribution is -0.131. The number of ketones is 1. The Balaban J connectivity index is 3.19. The van der Waals surface area contributed by atoms with E-state index in [1.807, 2.05) is 0 Å². The molecule has 0 aliphatic rings. The van der Waals surface area contributed by atoms with Crippen molar-refractivity contribution >= 4 is 11.8 Å². The highest BCUT2D eigenvalue weighted by Crippen LogP contribution is 2.19. The lowest BCUT2D eigenvalue weighted by atomic mass is 10.1. The summed E-state index contributed by atoms with van der Waals surface area (Å²) in [6.07, 6.45) is 0.